The summed E-state index contributed by atoms with van der Waals surface area (Å²) >= 11 is 1.44. The van der Waals surface area contributed by atoms with Gasteiger partial charge in [-0.2, -0.15) is 0 Å². The Labute approximate surface area is 155 Å². The van der Waals surface area contributed by atoms with Gasteiger partial charge < -0.3 is 14.6 Å². The summed E-state index contributed by atoms with van der Waals surface area (Å²) in [7, 11) is 0. The van der Waals surface area contributed by atoms with Crippen LogP contribution in [0.4, 0.5) is 0 Å². The van der Waals surface area contributed by atoms with Crippen LogP contribution in [0.2, 0.25) is 0 Å². The van der Waals surface area contributed by atoms with Gasteiger partial charge in [0.05, 0.1) is 18.0 Å². The fourth-order valence-corrected chi connectivity index (χ4v) is 3.76. The van der Waals surface area contributed by atoms with Gasteiger partial charge in [0.2, 0.25) is 0 Å². The van der Waals surface area contributed by atoms with E-state index in [0.717, 1.165) is 29.5 Å². The number of nitrogens with one attached hydrogen (secondary N) is 1. The molecule has 4 rings (SSSR count). The van der Waals surface area contributed by atoms with E-state index in [-0.39, 0.29) is 17.5 Å². The molecular weight excluding hydrogens is 348 g/mol. The van der Waals surface area contributed by atoms with Crippen LogP contribution in [0.3, 0.4) is 0 Å². The van der Waals surface area contributed by atoms with Crippen LogP contribution in [-0.4, -0.2) is 28.4 Å². The average molecular weight is 368 g/mol. The van der Waals surface area contributed by atoms with Gasteiger partial charge in [0, 0.05) is 22.5 Å². The first-order valence-corrected chi connectivity index (χ1v) is 9.67. The standard InChI is InChI=1S/C20H20N2O3S/c1-2-25-16-7-8-17-13(11-16)10-14(19(23)21-17)12-22(15-5-6-15)20(24)18-4-3-9-26-18/h3-4,7-11,15H,2,5-6,12H2,1H3,(H,21,23). The van der Waals surface area contributed by atoms with Crippen LogP contribution in [0.1, 0.15) is 35.0 Å². The van der Waals surface area contributed by atoms with Crippen LogP contribution < -0.4 is 10.3 Å². The third-order valence-corrected chi connectivity index (χ3v) is 5.38. The Morgan fingerprint density at radius 3 is 2.85 bits per heavy atom. The van der Waals surface area contributed by atoms with Crippen LogP contribution in [0, 0.1) is 0 Å². The number of amides is 1. The molecule has 1 saturated carbocycles. The molecule has 1 amide bonds. The van der Waals surface area contributed by atoms with Crippen molar-refractivity contribution in [1.82, 2.24) is 9.88 Å². The summed E-state index contributed by atoms with van der Waals surface area (Å²) in [6, 6.07) is 11.4. The molecule has 0 saturated heterocycles. The summed E-state index contributed by atoms with van der Waals surface area (Å²) in [5, 5.41) is 2.81. The summed E-state index contributed by atoms with van der Waals surface area (Å²) in [6.07, 6.45) is 1.99. The van der Waals surface area contributed by atoms with E-state index in [0.29, 0.717) is 23.6 Å². The number of H-pyrrole nitrogens is 1. The first kappa shape index (κ1) is 16.8. The Kier molecular flexibility index (Phi) is 4.51. The highest BCUT2D eigenvalue weighted by Crippen LogP contribution is 2.30. The maximum Gasteiger partial charge on any atom is 0.264 e. The van der Waals surface area contributed by atoms with E-state index in [9.17, 15) is 9.59 Å². The molecule has 0 atom stereocenters. The highest BCUT2D eigenvalue weighted by atomic mass is 32.1. The molecule has 1 N–H and O–H groups in total. The average Bonchev–Trinajstić information content (AvgIpc) is 3.32. The van der Waals surface area contributed by atoms with Crippen LogP contribution >= 0.6 is 11.3 Å². The van der Waals surface area contributed by atoms with Crippen molar-refractivity contribution in [2.75, 3.05) is 6.61 Å². The van der Waals surface area contributed by atoms with E-state index in [1.54, 1.807) is 0 Å². The zero-order chi connectivity index (χ0) is 18.1. The van der Waals surface area contributed by atoms with Gasteiger partial charge in [0.15, 0.2) is 0 Å². The summed E-state index contributed by atoms with van der Waals surface area (Å²) in [5.74, 6) is 0.775. The third-order valence-electron chi connectivity index (χ3n) is 4.52. The van der Waals surface area contributed by atoms with Crippen molar-refractivity contribution in [2.45, 2.75) is 32.4 Å². The number of fused-ring (bicyclic) bond motifs is 1. The number of hydrogen-bond acceptors (Lipinski definition) is 4. The van der Waals surface area contributed by atoms with Crippen molar-refractivity contribution in [1.29, 1.82) is 0 Å². The fourth-order valence-electron chi connectivity index (χ4n) is 3.08. The molecule has 1 fully saturated rings. The van der Waals surface area contributed by atoms with Gasteiger partial charge in [-0.05, 0) is 55.5 Å². The molecule has 0 radical (unpaired) electrons. The van der Waals surface area contributed by atoms with Gasteiger partial charge in [-0.15, -0.1) is 11.3 Å². The first-order valence-electron chi connectivity index (χ1n) is 8.79. The molecule has 2 heterocycles. The number of thiophene rings is 1. The number of carbonyl (C=O) groups is 1. The van der Waals surface area contributed by atoms with E-state index in [1.807, 2.05) is 53.6 Å². The summed E-state index contributed by atoms with van der Waals surface area (Å²) in [4.78, 5) is 30.8. The quantitative estimate of drug-likeness (QED) is 0.720. The molecule has 134 valence electrons. The molecule has 1 aliphatic rings. The maximum absolute atomic E-state index is 12.8. The second-order valence-electron chi connectivity index (χ2n) is 6.45. The molecule has 0 spiro atoms. The number of hydrogen-bond donors (Lipinski definition) is 1. The number of benzene rings is 1. The molecule has 0 aliphatic heterocycles. The third kappa shape index (κ3) is 3.37. The Balaban J connectivity index is 1.67. The van der Waals surface area contributed by atoms with Crippen molar-refractivity contribution in [2.24, 2.45) is 0 Å². The minimum absolute atomic E-state index is 0.00469. The van der Waals surface area contributed by atoms with Crippen molar-refractivity contribution in [3.05, 3.63) is 62.6 Å². The minimum atomic E-state index is -0.147. The predicted molar refractivity (Wildman–Crippen MR) is 103 cm³/mol. The molecule has 5 nitrogen and oxygen atoms in total. The lowest BCUT2D eigenvalue weighted by Gasteiger charge is -2.21. The smallest absolute Gasteiger partial charge is 0.264 e. The second kappa shape index (κ2) is 6.96. The summed E-state index contributed by atoms with van der Waals surface area (Å²) < 4.78 is 5.55. The van der Waals surface area contributed by atoms with E-state index in [1.165, 1.54) is 11.3 Å². The Hall–Kier alpha value is -2.60. The molecule has 1 aliphatic carbocycles. The van der Waals surface area contributed by atoms with Gasteiger partial charge >= 0.3 is 0 Å². The van der Waals surface area contributed by atoms with Gasteiger partial charge in [-0.3, -0.25) is 9.59 Å². The summed E-state index contributed by atoms with van der Waals surface area (Å²) in [6.45, 7) is 2.85. The summed E-state index contributed by atoms with van der Waals surface area (Å²) in [5.41, 5.74) is 1.22. The van der Waals surface area contributed by atoms with Gasteiger partial charge in [0.1, 0.15) is 5.75 Å². The molecular formula is C20H20N2O3S. The maximum atomic E-state index is 12.8. The van der Waals surface area contributed by atoms with Crippen molar-refractivity contribution >= 4 is 28.1 Å². The Morgan fingerprint density at radius 1 is 1.31 bits per heavy atom. The SMILES string of the molecule is CCOc1ccc2[nH]c(=O)c(CN(C(=O)c3cccs3)C3CC3)cc2c1. The lowest BCUT2D eigenvalue weighted by Crippen LogP contribution is -2.34. The molecule has 1 aromatic carbocycles. The zero-order valence-corrected chi connectivity index (χ0v) is 15.3. The molecule has 26 heavy (non-hydrogen) atoms. The van der Waals surface area contributed by atoms with E-state index in [4.69, 9.17) is 4.74 Å². The van der Waals surface area contributed by atoms with Crippen LogP contribution in [-0.2, 0) is 6.54 Å². The van der Waals surface area contributed by atoms with Gasteiger partial charge in [-0.25, -0.2) is 0 Å². The van der Waals surface area contributed by atoms with Crippen LogP contribution in [0.5, 0.6) is 5.75 Å². The van der Waals surface area contributed by atoms with E-state index >= 15 is 0 Å². The number of aromatic amines is 1. The highest BCUT2D eigenvalue weighted by Gasteiger charge is 2.33. The topological polar surface area (TPSA) is 62.4 Å². The minimum Gasteiger partial charge on any atom is -0.494 e. The molecule has 2 aromatic heterocycles. The number of rotatable bonds is 6. The van der Waals surface area contributed by atoms with E-state index < -0.39 is 0 Å². The fraction of sp³-hybridized carbons (Fsp3) is 0.300. The number of nitrogens with zero attached hydrogens (tertiary/aromatic N) is 1. The van der Waals surface area contributed by atoms with Crippen molar-refractivity contribution < 1.29 is 9.53 Å². The second-order valence-corrected chi connectivity index (χ2v) is 7.39. The number of aromatic nitrogens is 1. The van der Waals surface area contributed by atoms with Gasteiger partial charge in [0.25, 0.3) is 11.5 Å². The highest BCUT2D eigenvalue weighted by molar-refractivity contribution is 7.12. The van der Waals surface area contributed by atoms with Crippen molar-refractivity contribution in [3.8, 4) is 5.75 Å². The largest absolute Gasteiger partial charge is 0.494 e. The first-order chi connectivity index (χ1) is 12.7. The molecule has 3 aromatic rings. The van der Waals surface area contributed by atoms with Crippen LogP contribution in [0.25, 0.3) is 10.9 Å². The van der Waals surface area contributed by atoms with E-state index in [2.05, 4.69) is 4.98 Å². The zero-order valence-electron chi connectivity index (χ0n) is 14.5. The van der Waals surface area contributed by atoms with Crippen molar-refractivity contribution in [3.63, 3.8) is 0 Å². The lowest BCUT2D eigenvalue weighted by atomic mass is 10.1. The predicted octanol–water partition coefficient (Wildman–Crippen LogP) is 3.79. The number of ether oxygens (including phenoxy) is 1. The normalized spacial score (nSPS) is 13.7. The van der Waals surface area contributed by atoms with Gasteiger partial charge in [-0.1, -0.05) is 6.07 Å². The monoisotopic (exact) mass is 368 g/mol. The Morgan fingerprint density at radius 2 is 2.15 bits per heavy atom. The number of carbonyl (C=O) groups excluding carboxylic acids is 1. The van der Waals surface area contributed by atoms with Crippen LogP contribution in [0.15, 0.2) is 46.6 Å². The molecule has 0 bridgehead atoms. The molecule has 6 heteroatoms. The number of pyridine rings is 1. The lowest BCUT2D eigenvalue weighted by molar-refractivity contribution is 0.0734. The Bertz CT molecular complexity index is 990. The molecule has 0 unspecified atom stereocenters.